The van der Waals surface area contributed by atoms with Crippen molar-refractivity contribution in [3.8, 4) is 5.75 Å². The van der Waals surface area contributed by atoms with Crippen LogP contribution < -0.4 is 10.3 Å². The van der Waals surface area contributed by atoms with Crippen molar-refractivity contribution in [2.45, 2.75) is 57.3 Å². The third-order valence-corrected chi connectivity index (χ3v) is 6.19. The molecule has 6 nitrogen and oxygen atoms in total. The van der Waals surface area contributed by atoms with Crippen LogP contribution in [-0.4, -0.2) is 40.2 Å². The molecule has 1 N–H and O–H groups in total. The Hall–Kier alpha value is -2.28. The highest BCUT2D eigenvalue weighted by molar-refractivity contribution is 7.98. The van der Waals surface area contributed by atoms with E-state index in [2.05, 4.69) is 16.9 Å². The molecule has 1 atom stereocenters. The molecule has 3 rings (SSSR count). The van der Waals surface area contributed by atoms with E-state index in [1.807, 2.05) is 42.3 Å². The fourth-order valence-corrected chi connectivity index (χ4v) is 3.99. The summed E-state index contributed by atoms with van der Waals surface area (Å²) in [5.41, 5.74) is 2.22. The van der Waals surface area contributed by atoms with Gasteiger partial charge in [-0.1, -0.05) is 23.9 Å². The first kappa shape index (κ1) is 21.4. The summed E-state index contributed by atoms with van der Waals surface area (Å²) in [6, 6.07) is 8.03. The summed E-state index contributed by atoms with van der Waals surface area (Å²) in [4.78, 5) is 34.6. The Balaban J connectivity index is 1.72. The van der Waals surface area contributed by atoms with Crippen LogP contribution in [0.15, 0.2) is 34.2 Å². The molecule has 7 heteroatoms. The summed E-state index contributed by atoms with van der Waals surface area (Å²) < 4.78 is 5.22. The molecular weight excluding hydrogens is 386 g/mol. The fraction of sp³-hybridized carbons (Fsp3) is 0.500. The third kappa shape index (κ3) is 5.41. The number of H-pyrrole nitrogens is 1. The molecule has 1 saturated carbocycles. The third-order valence-electron chi connectivity index (χ3n) is 5.61. The zero-order chi connectivity index (χ0) is 21.0. The predicted molar refractivity (Wildman–Crippen MR) is 115 cm³/mol. The van der Waals surface area contributed by atoms with Crippen molar-refractivity contribution in [3.05, 3.63) is 51.4 Å². The lowest BCUT2D eigenvalue weighted by Gasteiger charge is -2.30. The molecule has 29 heavy (non-hydrogen) atoms. The number of nitrogens with zero attached hydrogens (tertiary/aromatic N) is 2. The van der Waals surface area contributed by atoms with Gasteiger partial charge in [-0.25, -0.2) is 4.98 Å². The van der Waals surface area contributed by atoms with E-state index in [1.54, 1.807) is 7.11 Å². The molecule has 1 aromatic heterocycles. The molecule has 2 aromatic rings. The Labute approximate surface area is 176 Å². The number of hydrogen-bond acceptors (Lipinski definition) is 5. The molecule has 1 unspecified atom stereocenters. The first-order valence-electron chi connectivity index (χ1n) is 9.99. The highest BCUT2D eigenvalue weighted by Crippen LogP contribution is 2.36. The molecule has 1 aliphatic rings. The first-order valence-corrected chi connectivity index (χ1v) is 11.2. The van der Waals surface area contributed by atoms with Gasteiger partial charge in [-0.3, -0.25) is 9.59 Å². The van der Waals surface area contributed by atoms with Crippen LogP contribution in [-0.2, 0) is 17.8 Å². The minimum atomic E-state index is -0.147. The monoisotopic (exact) mass is 415 g/mol. The van der Waals surface area contributed by atoms with Gasteiger partial charge in [0.25, 0.3) is 5.56 Å². The number of nitrogens with one attached hydrogen (secondary N) is 1. The molecule has 1 amide bonds. The molecule has 0 aliphatic heterocycles. The van der Waals surface area contributed by atoms with Crippen LogP contribution in [0, 0.1) is 12.8 Å². The maximum absolute atomic E-state index is 13.1. The average Bonchev–Trinajstić information content (AvgIpc) is 3.56. The van der Waals surface area contributed by atoms with E-state index in [0.717, 1.165) is 11.3 Å². The van der Waals surface area contributed by atoms with E-state index in [1.165, 1.54) is 24.6 Å². The highest BCUT2D eigenvalue weighted by Gasteiger charge is 2.34. The van der Waals surface area contributed by atoms with Crippen LogP contribution in [0.5, 0.6) is 5.75 Å². The van der Waals surface area contributed by atoms with Crippen molar-refractivity contribution in [2.24, 2.45) is 5.92 Å². The van der Waals surface area contributed by atoms with Crippen LogP contribution in [0.4, 0.5) is 0 Å². The van der Waals surface area contributed by atoms with Crippen LogP contribution >= 0.6 is 11.8 Å². The standard InChI is InChI=1S/C22H29N3O3S/c1-14-19(21(27)24-22(23-14)29-4)11-12-20(26)25(15(2)17-7-8-17)13-16-5-9-18(28-3)10-6-16/h5-6,9-10,15,17H,7-8,11-13H2,1-4H3,(H,23,24,27). The van der Waals surface area contributed by atoms with Gasteiger partial charge >= 0.3 is 0 Å². The highest BCUT2D eigenvalue weighted by atomic mass is 32.2. The van der Waals surface area contributed by atoms with E-state index in [0.29, 0.717) is 41.7 Å². The van der Waals surface area contributed by atoms with Crippen molar-refractivity contribution in [1.82, 2.24) is 14.9 Å². The van der Waals surface area contributed by atoms with Gasteiger partial charge in [0.2, 0.25) is 5.91 Å². The molecule has 0 radical (unpaired) electrons. The fourth-order valence-electron chi connectivity index (χ4n) is 3.57. The minimum Gasteiger partial charge on any atom is -0.497 e. The Morgan fingerprint density at radius 1 is 1.34 bits per heavy atom. The number of hydrogen-bond donors (Lipinski definition) is 1. The van der Waals surface area contributed by atoms with Gasteiger partial charge in [-0.2, -0.15) is 0 Å². The average molecular weight is 416 g/mol. The van der Waals surface area contributed by atoms with Crippen LogP contribution in [0.1, 0.15) is 43.0 Å². The van der Waals surface area contributed by atoms with Gasteiger partial charge in [0.1, 0.15) is 5.75 Å². The van der Waals surface area contributed by atoms with Gasteiger partial charge in [0.05, 0.1) is 7.11 Å². The second-order valence-electron chi connectivity index (χ2n) is 7.59. The number of methoxy groups -OCH3 is 1. The molecular formula is C22H29N3O3S. The summed E-state index contributed by atoms with van der Waals surface area (Å²) in [7, 11) is 1.64. The van der Waals surface area contributed by atoms with E-state index in [4.69, 9.17) is 4.74 Å². The number of aromatic nitrogens is 2. The quantitative estimate of drug-likeness (QED) is 0.501. The van der Waals surface area contributed by atoms with Gasteiger partial charge in [0.15, 0.2) is 5.16 Å². The normalized spacial score (nSPS) is 14.5. The molecule has 1 aliphatic carbocycles. The van der Waals surface area contributed by atoms with Crippen LogP contribution in [0.3, 0.4) is 0 Å². The van der Waals surface area contributed by atoms with Gasteiger partial charge in [-0.05, 0) is 63.0 Å². The lowest BCUT2D eigenvalue weighted by Crippen LogP contribution is -2.39. The van der Waals surface area contributed by atoms with Gasteiger partial charge < -0.3 is 14.6 Å². The Bertz CT molecular complexity index is 907. The van der Waals surface area contributed by atoms with Gasteiger partial charge in [-0.15, -0.1) is 0 Å². The smallest absolute Gasteiger partial charge is 0.254 e. The van der Waals surface area contributed by atoms with E-state index in [9.17, 15) is 9.59 Å². The number of thioether (sulfide) groups is 1. The molecule has 1 heterocycles. The van der Waals surface area contributed by atoms with Crippen molar-refractivity contribution in [1.29, 1.82) is 0 Å². The molecule has 1 aromatic carbocycles. The van der Waals surface area contributed by atoms with Crippen molar-refractivity contribution < 1.29 is 9.53 Å². The van der Waals surface area contributed by atoms with E-state index < -0.39 is 0 Å². The Morgan fingerprint density at radius 2 is 2.03 bits per heavy atom. The number of benzene rings is 1. The van der Waals surface area contributed by atoms with Crippen molar-refractivity contribution in [3.63, 3.8) is 0 Å². The topological polar surface area (TPSA) is 75.3 Å². The number of amides is 1. The number of aryl methyl sites for hydroxylation is 1. The molecule has 1 fully saturated rings. The summed E-state index contributed by atoms with van der Waals surface area (Å²) >= 11 is 1.40. The summed E-state index contributed by atoms with van der Waals surface area (Å²) in [6.45, 7) is 4.53. The summed E-state index contributed by atoms with van der Waals surface area (Å²) in [6.07, 6.45) is 4.92. The second-order valence-corrected chi connectivity index (χ2v) is 8.38. The predicted octanol–water partition coefficient (Wildman–Crippen LogP) is 3.57. The number of carbonyl (C=O) groups excluding carboxylic acids is 1. The lowest BCUT2D eigenvalue weighted by molar-refractivity contribution is -0.134. The summed E-state index contributed by atoms with van der Waals surface area (Å²) in [5, 5.41) is 0.603. The summed E-state index contributed by atoms with van der Waals surface area (Å²) in [5.74, 6) is 1.45. The SMILES string of the molecule is COc1ccc(CN(C(=O)CCc2c(C)nc(SC)[nH]c2=O)C(C)C2CC2)cc1. The second kappa shape index (κ2) is 9.48. The Morgan fingerprint density at radius 3 is 2.59 bits per heavy atom. The maximum atomic E-state index is 13.1. The number of ether oxygens (including phenoxy) is 1. The largest absolute Gasteiger partial charge is 0.497 e. The molecule has 0 saturated heterocycles. The molecule has 0 spiro atoms. The lowest BCUT2D eigenvalue weighted by atomic mass is 10.1. The number of aromatic amines is 1. The Kier molecular flexibility index (Phi) is 7.00. The first-order chi connectivity index (χ1) is 13.9. The van der Waals surface area contributed by atoms with Gasteiger partial charge in [0, 0.05) is 30.3 Å². The van der Waals surface area contributed by atoms with E-state index in [-0.39, 0.29) is 17.5 Å². The molecule has 0 bridgehead atoms. The maximum Gasteiger partial charge on any atom is 0.254 e. The van der Waals surface area contributed by atoms with Crippen molar-refractivity contribution >= 4 is 17.7 Å². The van der Waals surface area contributed by atoms with Crippen LogP contribution in [0.2, 0.25) is 0 Å². The number of rotatable bonds is 9. The molecule has 156 valence electrons. The van der Waals surface area contributed by atoms with E-state index >= 15 is 0 Å². The minimum absolute atomic E-state index is 0.0768. The zero-order valence-corrected chi connectivity index (χ0v) is 18.3. The van der Waals surface area contributed by atoms with Crippen LogP contribution in [0.25, 0.3) is 0 Å². The van der Waals surface area contributed by atoms with Crippen molar-refractivity contribution in [2.75, 3.05) is 13.4 Å². The zero-order valence-electron chi connectivity index (χ0n) is 17.5. The number of carbonyl (C=O) groups is 1.